The summed E-state index contributed by atoms with van der Waals surface area (Å²) < 4.78 is 0. The van der Waals surface area contributed by atoms with Gasteiger partial charge in [-0.1, -0.05) is 96.2 Å². The van der Waals surface area contributed by atoms with Gasteiger partial charge in [0.25, 0.3) is 0 Å². The van der Waals surface area contributed by atoms with Gasteiger partial charge in [0.1, 0.15) is 11.4 Å². The highest BCUT2D eigenvalue weighted by Gasteiger charge is 2.14. The first kappa shape index (κ1) is 21.0. The van der Waals surface area contributed by atoms with Crippen molar-refractivity contribution in [2.24, 2.45) is 0 Å². The Kier molecular flexibility index (Phi) is 6.92. The van der Waals surface area contributed by atoms with Gasteiger partial charge in [-0.15, -0.1) is 10.2 Å². The molecular formula is C24H19ClN4OS. The van der Waals surface area contributed by atoms with Crippen LogP contribution >= 0.6 is 23.4 Å². The van der Waals surface area contributed by atoms with Crippen LogP contribution in [0, 0.1) is 0 Å². The Balaban J connectivity index is 1.47. The molecule has 0 fully saturated rings. The van der Waals surface area contributed by atoms with Crippen molar-refractivity contribution in [3.8, 4) is 22.5 Å². The molecule has 0 radical (unpaired) electrons. The van der Waals surface area contributed by atoms with Crippen molar-refractivity contribution >= 4 is 29.3 Å². The number of carbonyl (C=O) groups excluding carboxylic acids is 1. The molecule has 0 unspecified atom stereocenters. The van der Waals surface area contributed by atoms with Gasteiger partial charge >= 0.3 is 0 Å². The Bertz CT molecular complexity index is 1160. The molecule has 154 valence electrons. The lowest BCUT2D eigenvalue weighted by Crippen LogP contribution is -2.24. The highest BCUT2D eigenvalue weighted by atomic mass is 35.5. The van der Waals surface area contributed by atoms with Crippen molar-refractivity contribution in [2.45, 2.75) is 11.7 Å². The minimum Gasteiger partial charge on any atom is -0.351 e. The molecule has 1 heterocycles. The number of benzene rings is 3. The van der Waals surface area contributed by atoms with Gasteiger partial charge in [0.15, 0.2) is 0 Å². The average Bonchev–Trinajstić information content (AvgIpc) is 2.83. The van der Waals surface area contributed by atoms with E-state index >= 15 is 0 Å². The molecule has 4 aromatic rings. The summed E-state index contributed by atoms with van der Waals surface area (Å²) in [4.78, 5) is 17.0. The highest BCUT2D eigenvalue weighted by molar-refractivity contribution is 7.99. The maximum absolute atomic E-state index is 12.3. The van der Waals surface area contributed by atoms with Crippen LogP contribution in [0.15, 0.2) is 90.1 Å². The van der Waals surface area contributed by atoms with Crippen molar-refractivity contribution < 1.29 is 4.79 Å². The lowest BCUT2D eigenvalue weighted by atomic mass is 10.0. The fourth-order valence-corrected chi connectivity index (χ4v) is 3.69. The lowest BCUT2D eigenvalue weighted by molar-refractivity contribution is -0.118. The lowest BCUT2D eigenvalue weighted by Gasteiger charge is -2.09. The summed E-state index contributed by atoms with van der Waals surface area (Å²) in [7, 11) is 0. The van der Waals surface area contributed by atoms with Crippen LogP contribution in [0.4, 0.5) is 0 Å². The van der Waals surface area contributed by atoms with Crippen LogP contribution in [-0.2, 0) is 11.3 Å². The predicted octanol–water partition coefficient (Wildman–Crippen LogP) is 5.27. The van der Waals surface area contributed by atoms with Crippen LogP contribution in [0.2, 0.25) is 5.02 Å². The van der Waals surface area contributed by atoms with Gasteiger partial charge in [0.2, 0.25) is 11.1 Å². The molecule has 7 heteroatoms. The maximum Gasteiger partial charge on any atom is 0.230 e. The smallest absolute Gasteiger partial charge is 0.230 e. The predicted molar refractivity (Wildman–Crippen MR) is 125 cm³/mol. The van der Waals surface area contributed by atoms with E-state index in [-0.39, 0.29) is 11.7 Å². The number of hydrogen-bond acceptors (Lipinski definition) is 5. The summed E-state index contributed by atoms with van der Waals surface area (Å²) >= 11 is 7.15. The molecule has 5 nitrogen and oxygen atoms in total. The van der Waals surface area contributed by atoms with Crippen LogP contribution in [0.5, 0.6) is 0 Å². The normalized spacial score (nSPS) is 10.6. The second-order valence-electron chi connectivity index (χ2n) is 6.72. The van der Waals surface area contributed by atoms with Crippen molar-refractivity contribution in [2.75, 3.05) is 5.75 Å². The zero-order chi connectivity index (χ0) is 21.5. The van der Waals surface area contributed by atoms with Gasteiger partial charge in [-0.2, -0.15) is 0 Å². The number of amides is 1. The Labute approximate surface area is 189 Å². The number of carbonyl (C=O) groups is 1. The van der Waals surface area contributed by atoms with E-state index in [0.29, 0.717) is 22.4 Å². The van der Waals surface area contributed by atoms with Gasteiger partial charge in [-0.3, -0.25) is 4.79 Å². The van der Waals surface area contributed by atoms with Crippen molar-refractivity contribution in [3.63, 3.8) is 0 Å². The molecule has 0 saturated carbocycles. The number of hydrogen-bond donors (Lipinski definition) is 1. The van der Waals surface area contributed by atoms with Crippen LogP contribution in [0.3, 0.4) is 0 Å². The number of nitrogens with zero attached hydrogens (tertiary/aromatic N) is 3. The summed E-state index contributed by atoms with van der Waals surface area (Å²) in [5, 5.41) is 12.7. The molecule has 0 aliphatic rings. The zero-order valence-electron chi connectivity index (χ0n) is 16.5. The third-order valence-electron chi connectivity index (χ3n) is 4.50. The number of halogens is 1. The first-order valence-corrected chi connectivity index (χ1v) is 11.0. The molecule has 1 N–H and O–H groups in total. The molecule has 0 spiro atoms. The molecular weight excluding hydrogens is 428 g/mol. The Hall–Kier alpha value is -3.22. The van der Waals surface area contributed by atoms with E-state index in [0.717, 1.165) is 22.4 Å². The Morgan fingerprint density at radius 1 is 0.806 bits per heavy atom. The second kappa shape index (κ2) is 10.2. The molecule has 4 rings (SSSR count). The highest BCUT2D eigenvalue weighted by Crippen LogP contribution is 2.29. The van der Waals surface area contributed by atoms with E-state index < -0.39 is 0 Å². The van der Waals surface area contributed by atoms with Gasteiger partial charge < -0.3 is 5.32 Å². The fraction of sp³-hybridized carbons (Fsp3) is 0.0833. The van der Waals surface area contributed by atoms with Crippen LogP contribution in [0.25, 0.3) is 22.5 Å². The van der Waals surface area contributed by atoms with Crippen molar-refractivity contribution in [3.05, 3.63) is 95.5 Å². The minimum atomic E-state index is -0.100. The van der Waals surface area contributed by atoms with Gasteiger partial charge in [0, 0.05) is 22.7 Å². The quantitative estimate of drug-likeness (QED) is 0.392. The molecule has 0 bridgehead atoms. The first-order valence-electron chi connectivity index (χ1n) is 9.68. The monoisotopic (exact) mass is 446 g/mol. The first-order chi connectivity index (χ1) is 15.2. The van der Waals surface area contributed by atoms with E-state index in [2.05, 4.69) is 15.5 Å². The van der Waals surface area contributed by atoms with E-state index in [1.165, 1.54) is 11.8 Å². The topological polar surface area (TPSA) is 67.8 Å². The number of rotatable bonds is 7. The summed E-state index contributed by atoms with van der Waals surface area (Å²) in [6.07, 6.45) is 0. The summed E-state index contributed by atoms with van der Waals surface area (Å²) in [6.45, 7) is 0.442. The molecule has 1 amide bonds. The molecule has 0 saturated heterocycles. The number of aromatic nitrogens is 3. The third-order valence-corrected chi connectivity index (χ3v) is 5.59. The van der Waals surface area contributed by atoms with E-state index in [1.807, 2.05) is 72.8 Å². The van der Waals surface area contributed by atoms with E-state index in [9.17, 15) is 4.79 Å². The van der Waals surface area contributed by atoms with Gasteiger partial charge in [-0.25, -0.2) is 4.98 Å². The largest absolute Gasteiger partial charge is 0.351 e. The molecule has 3 aromatic carbocycles. The van der Waals surface area contributed by atoms with Gasteiger partial charge in [0.05, 0.1) is 5.75 Å². The minimum absolute atomic E-state index is 0.100. The second-order valence-corrected chi connectivity index (χ2v) is 8.09. The third kappa shape index (κ3) is 5.69. The Morgan fingerprint density at radius 2 is 1.42 bits per heavy atom. The standard InChI is InChI=1S/C24H19ClN4OS/c25-20-13-11-17(12-14-20)15-26-21(30)16-31-24-27-22(18-7-3-1-4-8-18)23(28-29-24)19-9-5-2-6-10-19/h1-14H,15-16H2,(H,26,30). The van der Waals surface area contributed by atoms with E-state index in [1.54, 1.807) is 12.1 Å². The molecule has 1 aromatic heterocycles. The van der Waals surface area contributed by atoms with Crippen LogP contribution in [-0.4, -0.2) is 26.8 Å². The number of thioether (sulfide) groups is 1. The number of nitrogens with one attached hydrogen (secondary N) is 1. The SMILES string of the molecule is O=C(CSc1nnc(-c2ccccc2)c(-c2ccccc2)n1)NCc1ccc(Cl)cc1. The van der Waals surface area contributed by atoms with Crippen molar-refractivity contribution in [1.82, 2.24) is 20.5 Å². The molecule has 0 aliphatic carbocycles. The summed E-state index contributed by atoms with van der Waals surface area (Å²) in [6, 6.07) is 27.1. The molecule has 0 atom stereocenters. The van der Waals surface area contributed by atoms with E-state index in [4.69, 9.17) is 16.6 Å². The molecule has 0 aliphatic heterocycles. The summed E-state index contributed by atoms with van der Waals surface area (Å²) in [5.41, 5.74) is 4.33. The molecule has 31 heavy (non-hydrogen) atoms. The Morgan fingerprint density at radius 3 is 2.06 bits per heavy atom. The maximum atomic E-state index is 12.3. The summed E-state index contributed by atoms with van der Waals surface area (Å²) in [5.74, 6) is 0.103. The van der Waals surface area contributed by atoms with Crippen LogP contribution < -0.4 is 5.32 Å². The zero-order valence-corrected chi connectivity index (χ0v) is 18.1. The fourth-order valence-electron chi connectivity index (χ4n) is 2.94. The van der Waals surface area contributed by atoms with Gasteiger partial charge in [-0.05, 0) is 17.7 Å². The average molecular weight is 447 g/mol. The van der Waals surface area contributed by atoms with Crippen LogP contribution in [0.1, 0.15) is 5.56 Å². The van der Waals surface area contributed by atoms with Crippen molar-refractivity contribution in [1.29, 1.82) is 0 Å².